The third-order valence-corrected chi connectivity index (χ3v) is 4.17. The number of rotatable bonds is 3. The molecule has 3 rings (SSSR count). The first-order valence-electron chi connectivity index (χ1n) is 7.12. The van der Waals surface area contributed by atoms with Crippen molar-refractivity contribution in [2.75, 3.05) is 31.2 Å². The van der Waals surface area contributed by atoms with Crippen molar-refractivity contribution in [2.45, 2.75) is 32.1 Å². The van der Waals surface area contributed by atoms with Crippen LogP contribution in [0.15, 0.2) is 6.07 Å². The van der Waals surface area contributed by atoms with Crippen LogP contribution in [0.3, 0.4) is 0 Å². The van der Waals surface area contributed by atoms with E-state index in [0.717, 1.165) is 31.0 Å². The summed E-state index contributed by atoms with van der Waals surface area (Å²) < 4.78 is 32.5. The number of hydrogen-bond acceptors (Lipinski definition) is 4. The molecule has 0 amide bonds. The molecule has 2 fully saturated rings. The smallest absolute Gasteiger partial charge is 0.261 e. The van der Waals surface area contributed by atoms with Crippen LogP contribution in [0.4, 0.5) is 14.6 Å². The van der Waals surface area contributed by atoms with Crippen LogP contribution in [0, 0.1) is 5.92 Å². The zero-order valence-corrected chi connectivity index (χ0v) is 11.8. The number of aryl methyl sites for hydroxylation is 1. The van der Waals surface area contributed by atoms with Gasteiger partial charge in [-0.3, -0.25) is 0 Å². The second kappa shape index (κ2) is 4.91. The first-order chi connectivity index (χ1) is 9.54. The minimum absolute atomic E-state index is 0.295. The second-order valence-corrected chi connectivity index (χ2v) is 5.47. The van der Waals surface area contributed by atoms with Crippen molar-refractivity contribution >= 4 is 5.82 Å². The van der Waals surface area contributed by atoms with Gasteiger partial charge in [0, 0.05) is 30.8 Å². The SMILES string of the molecule is CCc1cc(N2CCOCC2)nc(C2C(C)C2(F)F)n1. The van der Waals surface area contributed by atoms with Crippen molar-refractivity contribution in [2.24, 2.45) is 5.92 Å². The summed E-state index contributed by atoms with van der Waals surface area (Å²) in [7, 11) is 0. The summed E-state index contributed by atoms with van der Waals surface area (Å²) in [5.41, 5.74) is 0.825. The third-order valence-electron chi connectivity index (χ3n) is 4.17. The fourth-order valence-corrected chi connectivity index (χ4v) is 2.65. The van der Waals surface area contributed by atoms with E-state index in [1.54, 1.807) is 6.92 Å². The van der Waals surface area contributed by atoms with E-state index < -0.39 is 17.8 Å². The Hall–Kier alpha value is -1.30. The van der Waals surface area contributed by atoms with Gasteiger partial charge in [-0.25, -0.2) is 18.7 Å². The lowest BCUT2D eigenvalue weighted by molar-refractivity contribution is 0.0954. The van der Waals surface area contributed by atoms with Crippen molar-refractivity contribution in [3.05, 3.63) is 17.6 Å². The van der Waals surface area contributed by atoms with E-state index >= 15 is 0 Å². The van der Waals surface area contributed by atoms with Crippen molar-refractivity contribution < 1.29 is 13.5 Å². The molecule has 0 radical (unpaired) electrons. The number of anilines is 1. The Bertz CT molecular complexity index is 503. The molecule has 6 heteroatoms. The number of aromatic nitrogens is 2. The highest BCUT2D eigenvalue weighted by atomic mass is 19.3. The molecule has 0 aromatic carbocycles. The molecule has 1 aromatic rings. The highest BCUT2D eigenvalue weighted by Crippen LogP contribution is 2.60. The molecule has 0 spiro atoms. The minimum Gasteiger partial charge on any atom is -0.378 e. The van der Waals surface area contributed by atoms with Crippen LogP contribution in [-0.2, 0) is 11.2 Å². The van der Waals surface area contributed by atoms with E-state index in [-0.39, 0.29) is 0 Å². The maximum absolute atomic E-state index is 13.6. The normalized spacial score (nSPS) is 28.5. The lowest BCUT2D eigenvalue weighted by atomic mass is 10.2. The number of ether oxygens (including phenoxy) is 1. The van der Waals surface area contributed by atoms with Gasteiger partial charge < -0.3 is 9.64 Å². The lowest BCUT2D eigenvalue weighted by Crippen LogP contribution is -2.37. The van der Waals surface area contributed by atoms with Crippen molar-refractivity contribution in [3.63, 3.8) is 0 Å². The summed E-state index contributed by atoms with van der Waals surface area (Å²) in [5, 5.41) is 0. The second-order valence-electron chi connectivity index (χ2n) is 5.47. The maximum Gasteiger partial charge on any atom is 0.261 e. The average Bonchev–Trinajstić information content (AvgIpc) is 2.97. The van der Waals surface area contributed by atoms with Crippen LogP contribution >= 0.6 is 0 Å². The first kappa shape index (κ1) is 13.7. The molecule has 2 aliphatic rings. The molecule has 0 N–H and O–H groups in total. The highest BCUT2D eigenvalue weighted by Gasteiger charge is 2.67. The first-order valence-corrected chi connectivity index (χ1v) is 7.12. The van der Waals surface area contributed by atoms with E-state index in [2.05, 4.69) is 14.9 Å². The molecule has 20 heavy (non-hydrogen) atoms. The molecule has 1 aromatic heterocycles. The Kier molecular flexibility index (Phi) is 3.36. The van der Waals surface area contributed by atoms with Crippen LogP contribution in [-0.4, -0.2) is 42.2 Å². The summed E-state index contributed by atoms with van der Waals surface area (Å²) in [5.74, 6) is -3.09. The molecule has 2 unspecified atom stereocenters. The molecule has 1 saturated heterocycles. The largest absolute Gasteiger partial charge is 0.378 e. The van der Waals surface area contributed by atoms with Gasteiger partial charge in [0.2, 0.25) is 0 Å². The predicted octanol–water partition coefficient (Wildman–Crippen LogP) is 2.24. The summed E-state index contributed by atoms with van der Waals surface area (Å²) in [6.07, 6.45) is 0.722. The van der Waals surface area contributed by atoms with Gasteiger partial charge in [-0.15, -0.1) is 0 Å². The quantitative estimate of drug-likeness (QED) is 0.853. The Balaban J connectivity index is 1.91. The van der Waals surface area contributed by atoms with Gasteiger partial charge >= 0.3 is 0 Å². The summed E-state index contributed by atoms with van der Waals surface area (Å²) in [6, 6.07) is 1.90. The Morgan fingerprint density at radius 1 is 1.35 bits per heavy atom. The van der Waals surface area contributed by atoms with Crippen molar-refractivity contribution in [1.82, 2.24) is 9.97 Å². The van der Waals surface area contributed by atoms with Gasteiger partial charge in [0.05, 0.1) is 19.1 Å². The van der Waals surface area contributed by atoms with E-state index in [1.165, 1.54) is 0 Å². The summed E-state index contributed by atoms with van der Waals surface area (Å²) in [4.78, 5) is 10.8. The Morgan fingerprint density at radius 3 is 2.55 bits per heavy atom. The van der Waals surface area contributed by atoms with Crippen LogP contribution in [0.1, 0.15) is 31.3 Å². The minimum atomic E-state index is -2.66. The third kappa shape index (κ3) is 2.26. The molecule has 2 atom stereocenters. The zero-order chi connectivity index (χ0) is 14.3. The fraction of sp³-hybridized carbons (Fsp3) is 0.714. The molecule has 110 valence electrons. The number of hydrogen-bond donors (Lipinski definition) is 0. The van der Waals surface area contributed by atoms with Crippen molar-refractivity contribution in [3.8, 4) is 0 Å². The molecule has 0 bridgehead atoms. The monoisotopic (exact) mass is 283 g/mol. The van der Waals surface area contributed by atoms with Gasteiger partial charge in [-0.2, -0.15) is 0 Å². The van der Waals surface area contributed by atoms with E-state index in [1.807, 2.05) is 13.0 Å². The van der Waals surface area contributed by atoms with E-state index in [9.17, 15) is 8.78 Å². The van der Waals surface area contributed by atoms with Crippen molar-refractivity contribution in [1.29, 1.82) is 0 Å². The summed E-state index contributed by atoms with van der Waals surface area (Å²) in [6.45, 7) is 6.32. The van der Waals surface area contributed by atoms with Gasteiger partial charge in [0.25, 0.3) is 5.92 Å². The predicted molar refractivity (Wildman–Crippen MR) is 71.3 cm³/mol. The number of morpholine rings is 1. The highest BCUT2D eigenvalue weighted by molar-refractivity contribution is 5.42. The molecule has 4 nitrogen and oxygen atoms in total. The molecule has 1 aliphatic heterocycles. The molecule has 1 aliphatic carbocycles. The van der Waals surface area contributed by atoms with Gasteiger partial charge in [0.15, 0.2) is 0 Å². The van der Waals surface area contributed by atoms with E-state index in [0.29, 0.717) is 19.0 Å². The van der Waals surface area contributed by atoms with E-state index in [4.69, 9.17) is 4.74 Å². The Labute approximate surface area is 117 Å². The van der Waals surface area contributed by atoms with Gasteiger partial charge in [0.1, 0.15) is 11.6 Å². The van der Waals surface area contributed by atoms with Crippen LogP contribution in [0.5, 0.6) is 0 Å². The molecule has 2 heterocycles. The number of nitrogens with zero attached hydrogens (tertiary/aromatic N) is 3. The number of alkyl halides is 2. The molecular formula is C14H19F2N3O. The van der Waals surface area contributed by atoms with Crippen LogP contribution in [0.2, 0.25) is 0 Å². The topological polar surface area (TPSA) is 38.2 Å². The van der Waals surface area contributed by atoms with Gasteiger partial charge in [-0.1, -0.05) is 13.8 Å². The fourth-order valence-electron chi connectivity index (χ4n) is 2.65. The molecule has 1 saturated carbocycles. The Morgan fingerprint density at radius 2 is 2.00 bits per heavy atom. The zero-order valence-electron chi connectivity index (χ0n) is 11.8. The van der Waals surface area contributed by atoms with Gasteiger partial charge in [-0.05, 0) is 6.42 Å². The molecular weight excluding hydrogens is 264 g/mol. The van der Waals surface area contributed by atoms with Crippen LogP contribution in [0.25, 0.3) is 0 Å². The lowest BCUT2D eigenvalue weighted by Gasteiger charge is -2.28. The number of halogens is 2. The standard InChI is InChI=1S/C14H19F2N3O/c1-3-10-8-11(19-4-6-20-7-5-19)18-13(17-10)12-9(2)14(12,15)16/h8-9,12H,3-7H2,1-2H3. The maximum atomic E-state index is 13.6. The average molecular weight is 283 g/mol. The summed E-state index contributed by atoms with van der Waals surface area (Å²) >= 11 is 0. The van der Waals surface area contributed by atoms with Crippen LogP contribution < -0.4 is 4.90 Å².